The molecule has 1 aliphatic rings. The Bertz CT molecular complexity index is 169. The maximum atomic E-state index is 10.6. The second-order valence-electron chi connectivity index (χ2n) is 3.23. The van der Waals surface area contributed by atoms with Gasteiger partial charge < -0.3 is 5.32 Å². The minimum atomic E-state index is 0.0625. The van der Waals surface area contributed by atoms with Crippen LogP contribution in [-0.4, -0.2) is 53.2 Å². The van der Waals surface area contributed by atoms with E-state index in [1.54, 1.807) is 6.92 Å². The van der Waals surface area contributed by atoms with Crippen molar-refractivity contribution in [3.63, 3.8) is 0 Å². The Labute approximate surface area is 93.1 Å². The Morgan fingerprint density at radius 1 is 1.38 bits per heavy atom. The summed E-state index contributed by atoms with van der Waals surface area (Å²) >= 11 is 2.35. The molecule has 76 valence electrons. The number of piperazine rings is 1. The molecule has 1 N–H and O–H groups in total. The van der Waals surface area contributed by atoms with Gasteiger partial charge in [0.2, 0.25) is 5.91 Å². The highest BCUT2D eigenvalue weighted by atomic mass is 127. The molecule has 1 amide bonds. The molecule has 1 fully saturated rings. The summed E-state index contributed by atoms with van der Waals surface area (Å²) in [5.41, 5.74) is 0. The fourth-order valence-electron chi connectivity index (χ4n) is 1.34. The van der Waals surface area contributed by atoms with Gasteiger partial charge in [-0.3, -0.25) is 9.69 Å². The van der Waals surface area contributed by atoms with Crippen LogP contribution in [-0.2, 0) is 4.79 Å². The average molecular weight is 297 g/mol. The van der Waals surface area contributed by atoms with Gasteiger partial charge in [-0.1, -0.05) is 0 Å². The number of hydrogen-bond donors (Lipinski definition) is 1. The summed E-state index contributed by atoms with van der Waals surface area (Å²) in [6.07, 6.45) is 0. The van der Waals surface area contributed by atoms with Gasteiger partial charge in [0, 0.05) is 69.1 Å². The zero-order valence-corrected chi connectivity index (χ0v) is 10.1. The minimum Gasteiger partial charge on any atom is -0.355 e. The van der Waals surface area contributed by atoms with Crippen molar-refractivity contribution in [2.45, 2.75) is 6.92 Å². The Morgan fingerprint density at radius 3 is 2.54 bits per heavy atom. The predicted molar refractivity (Wildman–Crippen MR) is 60.7 cm³/mol. The van der Waals surface area contributed by atoms with Gasteiger partial charge in [0.15, 0.2) is 0 Å². The summed E-state index contributed by atoms with van der Waals surface area (Å²) in [6, 6.07) is 0. The van der Waals surface area contributed by atoms with Crippen molar-refractivity contribution in [1.82, 2.24) is 13.3 Å². The zero-order chi connectivity index (χ0) is 9.68. The first-order valence-corrected chi connectivity index (χ1v) is 5.52. The minimum absolute atomic E-state index is 0.0625. The van der Waals surface area contributed by atoms with Crippen molar-refractivity contribution in [1.29, 1.82) is 0 Å². The lowest BCUT2D eigenvalue weighted by atomic mass is 10.3. The van der Waals surface area contributed by atoms with E-state index in [9.17, 15) is 4.79 Å². The van der Waals surface area contributed by atoms with E-state index in [4.69, 9.17) is 0 Å². The van der Waals surface area contributed by atoms with Crippen molar-refractivity contribution in [3.05, 3.63) is 0 Å². The monoisotopic (exact) mass is 297 g/mol. The van der Waals surface area contributed by atoms with Crippen molar-refractivity contribution in [2.24, 2.45) is 0 Å². The highest BCUT2D eigenvalue weighted by Gasteiger charge is 2.13. The molecule has 1 saturated heterocycles. The molecule has 0 radical (unpaired) electrons. The Morgan fingerprint density at radius 2 is 2.00 bits per heavy atom. The van der Waals surface area contributed by atoms with E-state index >= 15 is 0 Å². The molecule has 0 aromatic rings. The van der Waals surface area contributed by atoms with E-state index in [-0.39, 0.29) is 5.91 Å². The molecule has 0 aromatic heterocycles. The molecule has 0 unspecified atom stereocenters. The molecule has 0 atom stereocenters. The normalized spacial score (nSPS) is 20.2. The lowest BCUT2D eigenvalue weighted by Crippen LogP contribution is -2.45. The Kier molecular flexibility index (Phi) is 4.97. The third-order valence-electron chi connectivity index (χ3n) is 2.12. The maximum Gasteiger partial charge on any atom is 0.216 e. The lowest BCUT2D eigenvalue weighted by molar-refractivity contribution is -0.119. The smallest absolute Gasteiger partial charge is 0.216 e. The van der Waals surface area contributed by atoms with Crippen LogP contribution < -0.4 is 5.32 Å². The predicted octanol–water partition coefficient (Wildman–Crippen LogP) is 0.0901. The lowest BCUT2D eigenvalue weighted by Gasteiger charge is -2.30. The van der Waals surface area contributed by atoms with Crippen molar-refractivity contribution >= 4 is 28.8 Å². The van der Waals surface area contributed by atoms with Gasteiger partial charge in [0.25, 0.3) is 0 Å². The van der Waals surface area contributed by atoms with E-state index in [0.29, 0.717) is 0 Å². The van der Waals surface area contributed by atoms with E-state index < -0.39 is 0 Å². The molecule has 1 heterocycles. The van der Waals surface area contributed by atoms with Gasteiger partial charge >= 0.3 is 0 Å². The largest absolute Gasteiger partial charge is 0.355 e. The van der Waals surface area contributed by atoms with Crippen LogP contribution in [0.1, 0.15) is 6.92 Å². The van der Waals surface area contributed by atoms with E-state index in [1.165, 1.54) is 0 Å². The van der Waals surface area contributed by atoms with Crippen LogP contribution >= 0.6 is 22.9 Å². The van der Waals surface area contributed by atoms with Crippen LogP contribution in [0, 0.1) is 0 Å². The summed E-state index contributed by atoms with van der Waals surface area (Å²) < 4.78 is 2.30. The third kappa shape index (κ3) is 4.78. The third-order valence-corrected chi connectivity index (χ3v) is 3.08. The molecule has 0 bridgehead atoms. The highest BCUT2D eigenvalue weighted by molar-refractivity contribution is 14.1. The summed E-state index contributed by atoms with van der Waals surface area (Å²) in [6.45, 7) is 7.79. The van der Waals surface area contributed by atoms with Crippen LogP contribution in [0.5, 0.6) is 0 Å². The summed E-state index contributed by atoms with van der Waals surface area (Å²) in [5.74, 6) is 0.0625. The maximum absolute atomic E-state index is 10.6. The van der Waals surface area contributed by atoms with E-state index in [1.807, 2.05) is 0 Å². The number of nitrogens with zero attached hydrogens (tertiary/aromatic N) is 2. The number of carbonyl (C=O) groups is 1. The second kappa shape index (κ2) is 5.77. The molecule has 5 heteroatoms. The van der Waals surface area contributed by atoms with Gasteiger partial charge in [-0.15, -0.1) is 0 Å². The molecule has 0 aliphatic carbocycles. The van der Waals surface area contributed by atoms with Crippen molar-refractivity contribution in [3.8, 4) is 0 Å². The number of rotatable bonds is 3. The van der Waals surface area contributed by atoms with Gasteiger partial charge in [-0.05, 0) is 0 Å². The van der Waals surface area contributed by atoms with Crippen LogP contribution in [0.25, 0.3) is 0 Å². The summed E-state index contributed by atoms with van der Waals surface area (Å²) in [7, 11) is 0. The summed E-state index contributed by atoms with van der Waals surface area (Å²) in [4.78, 5) is 13.0. The van der Waals surface area contributed by atoms with E-state index in [0.717, 1.165) is 39.3 Å². The number of amides is 1. The average Bonchev–Trinajstić information content (AvgIpc) is 2.08. The fourth-order valence-corrected chi connectivity index (χ4v) is 1.77. The zero-order valence-electron chi connectivity index (χ0n) is 7.92. The number of carbonyl (C=O) groups excluding carboxylic acids is 1. The van der Waals surface area contributed by atoms with Crippen LogP contribution in [0.15, 0.2) is 0 Å². The molecule has 13 heavy (non-hydrogen) atoms. The molecule has 1 rings (SSSR count). The first-order valence-electron chi connectivity index (χ1n) is 4.56. The fraction of sp³-hybridized carbons (Fsp3) is 0.875. The van der Waals surface area contributed by atoms with Crippen LogP contribution in [0.3, 0.4) is 0 Å². The quantitative estimate of drug-likeness (QED) is 0.592. The SMILES string of the molecule is CC(=O)NCCN1CCN(I)CC1. The topological polar surface area (TPSA) is 35.6 Å². The number of halogens is 1. The molecule has 0 aromatic carbocycles. The van der Waals surface area contributed by atoms with Gasteiger partial charge in [-0.25, -0.2) is 3.11 Å². The first kappa shape index (κ1) is 11.2. The molecule has 4 nitrogen and oxygen atoms in total. The number of nitrogens with one attached hydrogen (secondary N) is 1. The Balaban J connectivity index is 2.05. The van der Waals surface area contributed by atoms with Crippen LogP contribution in [0.2, 0.25) is 0 Å². The summed E-state index contributed by atoms with van der Waals surface area (Å²) in [5, 5.41) is 2.81. The van der Waals surface area contributed by atoms with Crippen molar-refractivity contribution < 1.29 is 4.79 Å². The van der Waals surface area contributed by atoms with Crippen LogP contribution in [0.4, 0.5) is 0 Å². The van der Waals surface area contributed by atoms with Gasteiger partial charge in [0.05, 0.1) is 0 Å². The van der Waals surface area contributed by atoms with Gasteiger partial charge in [-0.2, -0.15) is 0 Å². The molecular formula is C8H16IN3O. The van der Waals surface area contributed by atoms with Gasteiger partial charge in [0.1, 0.15) is 0 Å². The molecule has 0 saturated carbocycles. The highest BCUT2D eigenvalue weighted by Crippen LogP contribution is 2.05. The number of hydrogen-bond acceptors (Lipinski definition) is 3. The first-order chi connectivity index (χ1) is 6.18. The molecular weight excluding hydrogens is 281 g/mol. The second-order valence-corrected chi connectivity index (χ2v) is 4.60. The van der Waals surface area contributed by atoms with Crippen molar-refractivity contribution in [2.75, 3.05) is 39.3 Å². The standard InChI is InChI=1S/C8H16IN3O/c1-8(13)10-2-3-11-4-6-12(9)7-5-11/h2-7H2,1H3,(H,10,13). The Hall–Kier alpha value is 0.120. The van der Waals surface area contributed by atoms with E-state index in [2.05, 4.69) is 36.2 Å². The molecule has 0 spiro atoms. The molecule has 1 aliphatic heterocycles.